The molecule has 1 aliphatic rings. The van der Waals surface area contributed by atoms with Crippen molar-refractivity contribution in [3.05, 3.63) is 47.3 Å². The van der Waals surface area contributed by atoms with Crippen molar-refractivity contribution in [3.63, 3.8) is 0 Å². The number of halogens is 1. The lowest BCUT2D eigenvalue weighted by Crippen LogP contribution is -2.05. The van der Waals surface area contributed by atoms with Gasteiger partial charge in [-0.3, -0.25) is 0 Å². The van der Waals surface area contributed by atoms with Crippen LogP contribution >= 0.6 is 0 Å². The van der Waals surface area contributed by atoms with Crippen molar-refractivity contribution >= 4 is 0 Å². The smallest absolute Gasteiger partial charge is 0.168 e. The van der Waals surface area contributed by atoms with Gasteiger partial charge in [0.1, 0.15) is 5.75 Å². The van der Waals surface area contributed by atoms with Crippen LogP contribution in [0, 0.1) is 12.7 Å². The predicted molar refractivity (Wildman–Crippen MR) is 80.7 cm³/mol. The highest BCUT2D eigenvalue weighted by molar-refractivity contribution is 5.49. The number of hydrogen-bond donors (Lipinski definition) is 2. The summed E-state index contributed by atoms with van der Waals surface area (Å²) in [5.74, 6) is -1.08. The van der Waals surface area contributed by atoms with E-state index in [4.69, 9.17) is 0 Å². The van der Waals surface area contributed by atoms with Gasteiger partial charge in [0.2, 0.25) is 0 Å². The topological polar surface area (TPSA) is 40.5 Å². The summed E-state index contributed by atoms with van der Waals surface area (Å²) in [6.07, 6.45) is 6.86. The van der Waals surface area contributed by atoms with E-state index in [0.29, 0.717) is 11.1 Å². The molecule has 1 aromatic rings. The monoisotopic (exact) mass is 278 g/mol. The third-order valence-electron chi connectivity index (χ3n) is 3.45. The van der Waals surface area contributed by atoms with Crippen LogP contribution in [0.2, 0.25) is 0 Å². The molecule has 2 nitrogen and oxygen atoms in total. The Morgan fingerprint density at radius 3 is 2.45 bits per heavy atom. The second-order valence-electron chi connectivity index (χ2n) is 5.19. The van der Waals surface area contributed by atoms with Gasteiger partial charge in [-0.1, -0.05) is 17.7 Å². The zero-order valence-corrected chi connectivity index (χ0v) is 12.4. The first-order valence-corrected chi connectivity index (χ1v) is 6.87. The highest BCUT2D eigenvalue weighted by Gasteiger charge is 2.22. The molecule has 0 saturated heterocycles. The van der Waals surface area contributed by atoms with Crippen molar-refractivity contribution < 1.29 is 14.6 Å². The average Bonchev–Trinajstić information content (AvgIpc) is 2.37. The minimum atomic E-state index is -0.630. The maximum Gasteiger partial charge on any atom is 0.168 e. The Morgan fingerprint density at radius 1 is 1.30 bits per heavy atom. The Labute approximate surface area is 120 Å². The second kappa shape index (κ2) is 7.13. The van der Waals surface area contributed by atoms with Crippen molar-refractivity contribution in [2.75, 3.05) is 0 Å². The largest absolute Gasteiger partial charge is 0.507 e. The highest BCUT2D eigenvalue weighted by atomic mass is 19.1. The van der Waals surface area contributed by atoms with E-state index in [9.17, 15) is 14.6 Å². The highest BCUT2D eigenvalue weighted by Crippen LogP contribution is 2.40. The van der Waals surface area contributed by atoms with Crippen molar-refractivity contribution in [1.29, 1.82) is 0 Å². The van der Waals surface area contributed by atoms with Crippen molar-refractivity contribution in [2.24, 2.45) is 0 Å². The van der Waals surface area contributed by atoms with Gasteiger partial charge in [-0.2, -0.15) is 0 Å². The summed E-state index contributed by atoms with van der Waals surface area (Å²) in [5, 5.41) is 19.2. The fourth-order valence-corrected chi connectivity index (χ4v) is 2.58. The zero-order chi connectivity index (χ0) is 15.3. The van der Waals surface area contributed by atoms with E-state index in [-0.39, 0.29) is 11.7 Å². The number of hydrogen-bond acceptors (Lipinski definition) is 2. The van der Waals surface area contributed by atoms with E-state index < -0.39 is 11.6 Å². The molecule has 0 amide bonds. The van der Waals surface area contributed by atoms with Crippen LogP contribution in [0.5, 0.6) is 11.5 Å². The minimum absolute atomic E-state index is 0.0163. The minimum Gasteiger partial charge on any atom is -0.507 e. The molecule has 0 spiro atoms. The summed E-state index contributed by atoms with van der Waals surface area (Å²) in [5.41, 5.74) is 2.23. The third-order valence-corrected chi connectivity index (χ3v) is 3.45. The standard InChI is InChI=1S/C14H17FO2.C3H6/c1-8-4-3-5-10(6-8)13-9(2)14(15)12(17)7-11(13)16;1-3-2/h6-7,10,16-17H,3-5H2,1-2H3;3H,1H2,2H3. The van der Waals surface area contributed by atoms with Crippen LogP contribution in [0.1, 0.15) is 50.2 Å². The summed E-state index contributed by atoms with van der Waals surface area (Å²) in [4.78, 5) is 0. The zero-order valence-electron chi connectivity index (χ0n) is 12.4. The van der Waals surface area contributed by atoms with Crippen LogP contribution in [-0.2, 0) is 0 Å². The van der Waals surface area contributed by atoms with Crippen LogP contribution in [0.25, 0.3) is 0 Å². The summed E-state index contributed by atoms with van der Waals surface area (Å²) in [6.45, 7) is 8.90. The van der Waals surface area contributed by atoms with Crippen LogP contribution in [0.15, 0.2) is 30.4 Å². The van der Waals surface area contributed by atoms with E-state index in [2.05, 4.69) is 19.6 Å². The lowest BCUT2D eigenvalue weighted by atomic mass is 9.83. The van der Waals surface area contributed by atoms with Gasteiger partial charge in [0.05, 0.1) is 0 Å². The van der Waals surface area contributed by atoms with Crippen molar-refractivity contribution in [1.82, 2.24) is 0 Å². The first-order valence-electron chi connectivity index (χ1n) is 6.87. The first kappa shape index (κ1) is 16.3. The molecule has 0 radical (unpaired) electrons. The molecule has 0 heterocycles. The van der Waals surface area contributed by atoms with Gasteiger partial charge in [0.15, 0.2) is 11.6 Å². The molecule has 0 aromatic heterocycles. The molecule has 2 N–H and O–H groups in total. The summed E-state index contributed by atoms with van der Waals surface area (Å²) in [7, 11) is 0. The second-order valence-corrected chi connectivity index (χ2v) is 5.19. The molecule has 110 valence electrons. The molecule has 0 fully saturated rings. The molecular weight excluding hydrogens is 255 g/mol. The van der Waals surface area contributed by atoms with Crippen LogP contribution in [0.3, 0.4) is 0 Å². The maximum absolute atomic E-state index is 13.6. The van der Waals surface area contributed by atoms with E-state index in [0.717, 1.165) is 25.3 Å². The third kappa shape index (κ3) is 3.62. The molecule has 1 aliphatic carbocycles. The molecule has 1 atom stereocenters. The molecular formula is C17H23FO2. The molecule has 2 rings (SSSR count). The van der Waals surface area contributed by atoms with Crippen LogP contribution in [-0.4, -0.2) is 10.2 Å². The first-order chi connectivity index (χ1) is 9.42. The number of rotatable bonds is 1. The molecule has 1 aromatic carbocycles. The van der Waals surface area contributed by atoms with Gasteiger partial charge in [-0.15, -0.1) is 6.58 Å². The van der Waals surface area contributed by atoms with Crippen LogP contribution < -0.4 is 0 Å². The van der Waals surface area contributed by atoms with Crippen molar-refractivity contribution in [2.45, 2.75) is 46.0 Å². The van der Waals surface area contributed by atoms with Gasteiger partial charge in [-0.05, 0) is 45.6 Å². The van der Waals surface area contributed by atoms with Gasteiger partial charge < -0.3 is 10.2 Å². The molecule has 20 heavy (non-hydrogen) atoms. The maximum atomic E-state index is 13.6. The van der Waals surface area contributed by atoms with E-state index in [1.807, 2.05) is 6.92 Å². The van der Waals surface area contributed by atoms with E-state index in [1.54, 1.807) is 13.0 Å². The predicted octanol–water partition coefficient (Wildman–Crippen LogP) is 4.95. The van der Waals surface area contributed by atoms with Gasteiger partial charge in [0.25, 0.3) is 0 Å². The van der Waals surface area contributed by atoms with Gasteiger partial charge in [0, 0.05) is 17.5 Å². The fraction of sp³-hybridized carbons (Fsp3) is 0.412. The number of benzene rings is 1. The number of allylic oxidation sites excluding steroid dienone is 3. The summed E-state index contributed by atoms with van der Waals surface area (Å²) < 4.78 is 13.6. The molecule has 1 unspecified atom stereocenters. The molecule has 3 heteroatoms. The molecule has 0 aliphatic heterocycles. The molecule has 0 bridgehead atoms. The average molecular weight is 278 g/mol. The Kier molecular flexibility index (Phi) is 5.81. The quantitative estimate of drug-likeness (QED) is 0.713. The number of phenolic OH excluding ortho intramolecular Hbond substituents is 2. The van der Waals surface area contributed by atoms with E-state index in [1.165, 1.54) is 5.57 Å². The van der Waals surface area contributed by atoms with Crippen molar-refractivity contribution in [3.8, 4) is 11.5 Å². The Morgan fingerprint density at radius 2 is 1.90 bits per heavy atom. The Balaban J connectivity index is 0.000000612. The fourth-order valence-electron chi connectivity index (χ4n) is 2.58. The lowest BCUT2D eigenvalue weighted by molar-refractivity contribution is 0.410. The Hall–Kier alpha value is -1.77. The number of aromatic hydroxyl groups is 2. The summed E-state index contributed by atoms with van der Waals surface area (Å²) >= 11 is 0. The normalized spacial score (nSPS) is 17.8. The SMILES string of the molecule is C=CC.CC1=CC(c2c(O)cc(O)c(F)c2C)CCC1. The van der Waals surface area contributed by atoms with E-state index >= 15 is 0 Å². The Bertz CT molecular complexity index is 518. The summed E-state index contributed by atoms with van der Waals surface area (Å²) in [6, 6.07) is 1.09. The van der Waals surface area contributed by atoms with Crippen LogP contribution in [0.4, 0.5) is 4.39 Å². The molecule has 0 saturated carbocycles. The van der Waals surface area contributed by atoms with Gasteiger partial charge >= 0.3 is 0 Å². The lowest BCUT2D eigenvalue weighted by Gasteiger charge is -2.22. The number of phenols is 2. The van der Waals surface area contributed by atoms with Gasteiger partial charge in [-0.25, -0.2) is 4.39 Å².